The maximum absolute atomic E-state index is 12.7. The summed E-state index contributed by atoms with van der Waals surface area (Å²) in [7, 11) is 1.20. The zero-order chi connectivity index (χ0) is 19.3. The number of carbonyl (C=O) groups is 1. The topological polar surface area (TPSA) is 44.8 Å². The van der Waals surface area contributed by atoms with Crippen LogP contribution in [0.5, 0.6) is 11.5 Å². The quantitative estimate of drug-likeness (QED) is 0.543. The van der Waals surface area contributed by atoms with Gasteiger partial charge in [-0.25, -0.2) is 4.79 Å². The van der Waals surface area contributed by atoms with E-state index < -0.39 is 36.7 Å². The molecule has 0 amide bonds. The van der Waals surface area contributed by atoms with Crippen LogP contribution in [-0.2, 0) is 17.5 Å². The number of alkyl halides is 5. The summed E-state index contributed by atoms with van der Waals surface area (Å²) in [6.07, 6.45) is -4.54. The molecule has 0 heterocycles. The number of rotatable bonds is 6. The number of carbonyl (C=O) groups excluding carboxylic acids is 1. The first-order chi connectivity index (χ1) is 12.2. The van der Waals surface area contributed by atoms with Crippen LogP contribution in [0, 0.1) is 0 Å². The first kappa shape index (κ1) is 19.5. The van der Waals surface area contributed by atoms with E-state index in [1.165, 1.54) is 37.4 Å². The normalized spacial score (nSPS) is 11.3. The van der Waals surface area contributed by atoms with Crippen LogP contribution in [0.1, 0.15) is 21.5 Å². The van der Waals surface area contributed by atoms with Crippen LogP contribution < -0.4 is 9.47 Å². The van der Waals surface area contributed by atoms with Crippen LogP contribution >= 0.6 is 0 Å². The molecule has 9 heteroatoms. The Hall–Kier alpha value is -2.84. The molecule has 0 radical (unpaired) electrons. The minimum atomic E-state index is -4.54. The smallest absolute Gasteiger partial charge is 0.416 e. The van der Waals surface area contributed by atoms with E-state index in [-0.39, 0.29) is 16.9 Å². The van der Waals surface area contributed by atoms with Crippen LogP contribution in [0.2, 0.25) is 0 Å². The fourth-order valence-corrected chi connectivity index (χ4v) is 2.11. The van der Waals surface area contributed by atoms with Gasteiger partial charge in [0.25, 0.3) is 0 Å². The lowest BCUT2D eigenvalue weighted by atomic mass is 10.1. The van der Waals surface area contributed by atoms with Crippen LogP contribution in [0.3, 0.4) is 0 Å². The van der Waals surface area contributed by atoms with Crippen molar-refractivity contribution < 1.29 is 41.0 Å². The fourth-order valence-electron chi connectivity index (χ4n) is 2.11. The first-order valence-electron chi connectivity index (χ1n) is 7.17. The second-order valence-electron chi connectivity index (χ2n) is 4.99. The highest BCUT2D eigenvalue weighted by Crippen LogP contribution is 2.33. The molecule has 0 aliphatic carbocycles. The van der Waals surface area contributed by atoms with Crippen molar-refractivity contribution >= 4 is 5.97 Å². The van der Waals surface area contributed by atoms with Gasteiger partial charge in [-0.2, -0.15) is 22.0 Å². The largest absolute Gasteiger partial charge is 0.493 e. The van der Waals surface area contributed by atoms with Gasteiger partial charge in [0.05, 0.1) is 12.7 Å². The molecule has 2 aromatic carbocycles. The average Bonchev–Trinajstić information content (AvgIpc) is 2.59. The summed E-state index contributed by atoms with van der Waals surface area (Å²) < 4.78 is 77.2. The SMILES string of the molecule is COc1cccc(C(=O)OCc2cccc(C(F)(F)F)c2)c1OC(F)F. The second kappa shape index (κ2) is 8.03. The summed E-state index contributed by atoms with van der Waals surface area (Å²) in [5.74, 6) is -1.67. The Bertz CT molecular complexity index is 774. The highest BCUT2D eigenvalue weighted by atomic mass is 19.4. The lowest BCUT2D eigenvalue weighted by molar-refractivity contribution is -0.137. The third kappa shape index (κ3) is 4.84. The molecule has 0 fully saturated rings. The Morgan fingerprint density at radius 1 is 1.12 bits per heavy atom. The Morgan fingerprint density at radius 3 is 2.42 bits per heavy atom. The van der Waals surface area contributed by atoms with Crippen molar-refractivity contribution in [2.75, 3.05) is 7.11 Å². The summed E-state index contributed by atoms with van der Waals surface area (Å²) in [6.45, 7) is -3.69. The molecule has 0 aromatic heterocycles. The Labute approximate surface area is 145 Å². The highest BCUT2D eigenvalue weighted by Gasteiger charge is 2.30. The molecule has 0 aliphatic rings. The van der Waals surface area contributed by atoms with Gasteiger partial charge in [0.2, 0.25) is 0 Å². The zero-order valence-corrected chi connectivity index (χ0v) is 13.3. The predicted molar refractivity (Wildman–Crippen MR) is 80.2 cm³/mol. The maximum Gasteiger partial charge on any atom is 0.416 e. The minimum Gasteiger partial charge on any atom is -0.493 e. The van der Waals surface area contributed by atoms with E-state index in [2.05, 4.69) is 4.74 Å². The molecule has 0 bridgehead atoms. The van der Waals surface area contributed by atoms with Gasteiger partial charge in [-0.1, -0.05) is 18.2 Å². The number of hydrogen-bond donors (Lipinski definition) is 0. The van der Waals surface area contributed by atoms with E-state index in [9.17, 15) is 26.7 Å². The van der Waals surface area contributed by atoms with Gasteiger partial charge in [0.15, 0.2) is 11.5 Å². The third-order valence-electron chi connectivity index (χ3n) is 3.25. The summed E-state index contributed by atoms with van der Waals surface area (Å²) in [4.78, 5) is 12.1. The van der Waals surface area contributed by atoms with Crippen molar-refractivity contribution in [3.05, 3.63) is 59.2 Å². The maximum atomic E-state index is 12.7. The molecule has 26 heavy (non-hydrogen) atoms. The predicted octanol–water partition coefficient (Wildman–Crippen LogP) is 4.67. The monoisotopic (exact) mass is 376 g/mol. The molecule has 0 spiro atoms. The van der Waals surface area contributed by atoms with Crippen molar-refractivity contribution in [2.45, 2.75) is 19.4 Å². The van der Waals surface area contributed by atoms with E-state index >= 15 is 0 Å². The van der Waals surface area contributed by atoms with Crippen molar-refractivity contribution in [1.29, 1.82) is 0 Å². The minimum absolute atomic E-state index is 0.0902. The number of benzene rings is 2. The van der Waals surface area contributed by atoms with Crippen molar-refractivity contribution in [2.24, 2.45) is 0 Å². The molecule has 0 saturated heterocycles. The number of para-hydroxylation sites is 1. The Kier molecular flexibility index (Phi) is 6.01. The number of hydrogen-bond acceptors (Lipinski definition) is 4. The molecule has 0 aliphatic heterocycles. The molecule has 2 rings (SSSR count). The van der Waals surface area contributed by atoms with Gasteiger partial charge >= 0.3 is 18.8 Å². The van der Waals surface area contributed by atoms with Crippen LogP contribution in [0.4, 0.5) is 22.0 Å². The van der Waals surface area contributed by atoms with Crippen molar-refractivity contribution in [3.63, 3.8) is 0 Å². The Balaban J connectivity index is 2.18. The highest BCUT2D eigenvalue weighted by molar-refractivity contribution is 5.93. The lowest BCUT2D eigenvalue weighted by Crippen LogP contribution is -2.12. The lowest BCUT2D eigenvalue weighted by Gasteiger charge is -2.14. The molecule has 0 N–H and O–H groups in total. The van der Waals surface area contributed by atoms with Gasteiger partial charge in [0.1, 0.15) is 12.2 Å². The van der Waals surface area contributed by atoms with Gasteiger partial charge in [-0.3, -0.25) is 0 Å². The standard InChI is InChI=1S/C17H13F5O4/c1-24-13-7-3-6-12(14(13)26-16(18)19)15(23)25-9-10-4-2-5-11(8-10)17(20,21)22/h2-8,16H,9H2,1H3. The van der Waals surface area contributed by atoms with Gasteiger partial charge in [-0.15, -0.1) is 0 Å². The molecule has 0 saturated carbocycles. The van der Waals surface area contributed by atoms with Crippen LogP contribution in [0.25, 0.3) is 0 Å². The van der Waals surface area contributed by atoms with Gasteiger partial charge in [-0.05, 0) is 29.8 Å². The second-order valence-corrected chi connectivity index (χ2v) is 4.99. The zero-order valence-electron chi connectivity index (χ0n) is 13.3. The summed E-state index contributed by atoms with van der Waals surface area (Å²) >= 11 is 0. The number of methoxy groups -OCH3 is 1. The fraction of sp³-hybridized carbons (Fsp3) is 0.235. The molecule has 2 aromatic rings. The van der Waals surface area contributed by atoms with E-state index in [0.717, 1.165) is 12.1 Å². The van der Waals surface area contributed by atoms with E-state index in [1.807, 2.05) is 0 Å². The molecule has 0 atom stereocenters. The van der Waals surface area contributed by atoms with Crippen molar-refractivity contribution in [3.8, 4) is 11.5 Å². The molecular weight excluding hydrogens is 363 g/mol. The summed E-state index contributed by atoms with van der Waals surface area (Å²) in [5, 5.41) is 0. The van der Waals surface area contributed by atoms with Gasteiger partial charge < -0.3 is 14.2 Å². The van der Waals surface area contributed by atoms with Crippen molar-refractivity contribution in [1.82, 2.24) is 0 Å². The third-order valence-corrected chi connectivity index (χ3v) is 3.25. The number of esters is 1. The summed E-state index contributed by atoms with van der Waals surface area (Å²) in [6, 6.07) is 8.05. The number of halogens is 5. The van der Waals surface area contributed by atoms with E-state index in [1.54, 1.807) is 0 Å². The molecule has 4 nitrogen and oxygen atoms in total. The average molecular weight is 376 g/mol. The molecule has 140 valence electrons. The molecule has 0 unspecified atom stereocenters. The van der Waals surface area contributed by atoms with Gasteiger partial charge in [0, 0.05) is 0 Å². The molecular formula is C17H13F5O4. The van der Waals surface area contributed by atoms with Crippen LogP contribution in [0.15, 0.2) is 42.5 Å². The van der Waals surface area contributed by atoms with E-state index in [0.29, 0.717) is 0 Å². The van der Waals surface area contributed by atoms with E-state index in [4.69, 9.17) is 9.47 Å². The summed E-state index contributed by atoms with van der Waals surface area (Å²) in [5.41, 5.74) is -1.14. The van der Waals surface area contributed by atoms with Crippen LogP contribution in [-0.4, -0.2) is 19.7 Å². The Morgan fingerprint density at radius 2 is 1.81 bits per heavy atom. The number of ether oxygens (including phenoxy) is 3. The first-order valence-corrected chi connectivity index (χ1v) is 7.17.